The van der Waals surface area contributed by atoms with Crippen LogP contribution >= 0.6 is 15.9 Å². The van der Waals surface area contributed by atoms with Crippen LogP contribution in [-0.2, 0) is 0 Å². The van der Waals surface area contributed by atoms with Crippen LogP contribution in [0.4, 0.5) is 5.69 Å². The Labute approximate surface area is 96.5 Å². The van der Waals surface area contributed by atoms with Gasteiger partial charge >= 0.3 is 97.1 Å². The van der Waals surface area contributed by atoms with Crippen LogP contribution in [0, 0.1) is 5.41 Å². The second-order valence-corrected chi connectivity index (χ2v) is 4.50. The maximum atomic E-state index is 7.53. The van der Waals surface area contributed by atoms with Crippen molar-refractivity contribution in [1.82, 2.24) is 0 Å². The number of hydrogen-bond donors (Lipinski definition) is 2. The molecule has 0 aromatic heterocycles. The van der Waals surface area contributed by atoms with Gasteiger partial charge in [-0.3, -0.25) is 0 Å². The molecule has 1 rings (SSSR count). The van der Waals surface area contributed by atoms with Crippen molar-refractivity contribution in [3.63, 3.8) is 0 Å². The Bertz CT molecular complexity index is 312. The van der Waals surface area contributed by atoms with Crippen LogP contribution in [0.2, 0.25) is 0 Å². The van der Waals surface area contributed by atoms with Crippen LogP contribution in [0.15, 0.2) is 22.7 Å². The molecule has 0 amide bonds. The zero-order chi connectivity index (χ0) is 9.14. The van der Waals surface area contributed by atoms with Crippen molar-refractivity contribution in [2.75, 3.05) is 3.13 Å². The summed E-state index contributed by atoms with van der Waals surface area (Å²) in [6.45, 7) is 1.80. The van der Waals surface area contributed by atoms with Crippen molar-refractivity contribution in [2.24, 2.45) is 0 Å². The van der Waals surface area contributed by atoms with E-state index in [4.69, 9.17) is 5.41 Å². The number of benzene rings is 1. The summed E-state index contributed by atoms with van der Waals surface area (Å²) in [7, 11) is 0. The monoisotopic (exact) mass is 416 g/mol. The minimum atomic E-state index is 0.597. The van der Waals surface area contributed by atoms with Crippen molar-refractivity contribution in [2.45, 2.75) is 6.92 Å². The van der Waals surface area contributed by atoms with Gasteiger partial charge in [-0.2, -0.15) is 0 Å². The van der Waals surface area contributed by atoms with E-state index < -0.39 is 0 Å². The summed E-state index contributed by atoms with van der Waals surface area (Å²) in [4.78, 5) is 0. The molecule has 1 aromatic carbocycles. The van der Waals surface area contributed by atoms with E-state index in [0.717, 1.165) is 15.7 Å². The summed E-state index contributed by atoms with van der Waals surface area (Å²) in [5.41, 5.74) is 2.64. The van der Waals surface area contributed by atoms with Crippen molar-refractivity contribution in [1.29, 1.82) is 5.41 Å². The van der Waals surface area contributed by atoms with Gasteiger partial charge in [0.05, 0.1) is 0 Å². The topological polar surface area (TPSA) is 35.9 Å². The molecule has 0 atom stereocenters. The first-order valence-electron chi connectivity index (χ1n) is 3.47. The van der Waals surface area contributed by atoms with Crippen LogP contribution in [-0.4, -0.2) is 31.8 Å². The standard InChI is InChI=1S/C8H8BrN2.Tl/c1-5(10)7-4-6(9)2-3-8(7)11;/h2-4,10-11H,1H3;/q-1;+1. The average Bonchev–Trinajstić information content (AvgIpc) is 2.04. The SMILES string of the molecule is CC(=N)c1cc(Br)ccc1[NH][Tl]. The Morgan fingerprint density at radius 2 is 2.25 bits per heavy atom. The van der Waals surface area contributed by atoms with Crippen molar-refractivity contribution < 1.29 is 0 Å². The molecular weight excluding hydrogens is 408 g/mol. The Kier molecular flexibility index (Phi) is 3.70. The van der Waals surface area contributed by atoms with Gasteiger partial charge in [0, 0.05) is 0 Å². The predicted molar refractivity (Wildman–Crippen MR) is 56.0 cm³/mol. The minimum absolute atomic E-state index is 0.597. The number of anilines is 1. The zero-order valence-corrected chi connectivity index (χ0v) is 12.8. The summed E-state index contributed by atoms with van der Waals surface area (Å²) >= 11 is 4.10. The number of hydrogen-bond acceptors (Lipinski definition) is 2. The van der Waals surface area contributed by atoms with E-state index in [-0.39, 0.29) is 0 Å². The van der Waals surface area contributed by atoms with E-state index in [1.54, 1.807) is 6.92 Å². The molecule has 2 N–H and O–H groups in total. The van der Waals surface area contributed by atoms with Gasteiger partial charge in [0.15, 0.2) is 0 Å². The maximum absolute atomic E-state index is 7.53. The van der Waals surface area contributed by atoms with Crippen LogP contribution in [0.3, 0.4) is 0 Å². The van der Waals surface area contributed by atoms with Crippen molar-refractivity contribution >= 4 is 53.4 Å². The van der Waals surface area contributed by atoms with Gasteiger partial charge in [-0.25, -0.2) is 0 Å². The van der Waals surface area contributed by atoms with Crippen molar-refractivity contribution in [3.8, 4) is 0 Å². The molecule has 60 valence electrons. The second kappa shape index (κ2) is 4.36. The fourth-order valence-electron chi connectivity index (χ4n) is 0.953. The van der Waals surface area contributed by atoms with Crippen LogP contribution < -0.4 is 3.13 Å². The van der Waals surface area contributed by atoms with E-state index in [1.807, 2.05) is 18.2 Å². The molecule has 0 saturated carbocycles. The first-order valence-corrected chi connectivity index (χ1v) is 6.50. The fourth-order valence-corrected chi connectivity index (χ4v) is 2.29. The number of nitrogens with one attached hydrogen (secondary N) is 2. The molecule has 2 nitrogen and oxygen atoms in total. The van der Waals surface area contributed by atoms with E-state index in [1.165, 1.54) is 0 Å². The Hall–Kier alpha value is 0.0921. The third-order valence-electron chi connectivity index (χ3n) is 1.54. The third-order valence-corrected chi connectivity index (χ3v) is 3.24. The molecule has 0 aliphatic carbocycles. The number of rotatable bonds is 2. The molecule has 0 unspecified atom stereocenters. The van der Waals surface area contributed by atoms with Gasteiger partial charge in [-0.15, -0.1) is 0 Å². The second-order valence-electron chi connectivity index (χ2n) is 2.46. The summed E-state index contributed by atoms with van der Waals surface area (Å²) in [5.74, 6) is 0. The van der Waals surface area contributed by atoms with Crippen LogP contribution in [0.1, 0.15) is 12.5 Å². The van der Waals surface area contributed by atoms with E-state index in [2.05, 4.69) is 19.1 Å². The summed E-state index contributed by atoms with van der Waals surface area (Å²) in [6.07, 6.45) is 0. The summed E-state index contributed by atoms with van der Waals surface area (Å²) in [5, 5.41) is 7.53. The normalized spacial score (nSPS) is 9.42. The summed E-state index contributed by atoms with van der Waals surface area (Å²) in [6, 6.07) is 5.95. The first-order chi connectivity index (χ1) is 5.65. The molecule has 0 saturated heterocycles. The van der Waals surface area contributed by atoms with E-state index >= 15 is 0 Å². The average molecular weight is 416 g/mol. The van der Waals surface area contributed by atoms with E-state index in [0.29, 0.717) is 31.8 Å². The molecule has 0 aliphatic rings. The molecule has 0 spiro atoms. The fraction of sp³-hybridized carbons (Fsp3) is 0.125. The van der Waals surface area contributed by atoms with Crippen LogP contribution in [0.5, 0.6) is 0 Å². The van der Waals surface area contributed by atoms with Gasteiger partial charge in [0.2, 0.25) is 0 Å². The predicted octanol–water partition coefficient (Wildman–Crippen LogP) is 2.33. The Morgan fingerprint density at radius 3 is 2.75 bits per heavy atom. The van der Waals surface area contributed by atoms with Gasteiger partial charge in [-0.05, 0) is 0 Å². The molecule has 0 heterocycles. The molecule has 1 aromatic rings. The molecule has 12 heavy (non-hydrogen) atoms. The Morgan fingerprint density at radius 1 is 1.58 bits per heavy atom. The quantitative estimate of drug-likeness (QED) is 0.564. The molecule has 0 radical (unpaired) electrons. The van der Waals surface area contributed by atoms with Gasteiger partial charge in [0.25, 0.3) is 0 Å². The first kappa shape index (κ1) is 10.2. The van der Waals surface area contributed by atoms with Crippen molar-refractivity contribution in [3.05, 3.63) is 28.2 Å². The molecular formula is C8H8BrN2Tl. The van der Waals surface area contributed by atoms with Crippen LogP contribution in [0.25, 0.3) is 0 Å². The van der Waals surface area contributed by atoms with E-state index in [9.17, 15) is 0 Å². The van der Waals surface area contributed by atoms with Gasteiger partial charge in [-0.1, -0.05) is 0 Å². The molecule has 0 fully saturated rings. The molecule has 0 bridgehead atoms. The third kappa shape index (κ3) is 2.29. The number of halogens is 1. The molecule has 0 aliphatic heterocycles. The van der Waals surface area contributed by atoms with Gasteiger partial charge in [0.1, 0.15) is 0 Å². The Balaban J connectivity index is 3.21. The molecule has 4 heteroatoms. The van der Waals surface area contributed by atoms with Gasteiger partial charge < -0.3 is 0 Å². The zero-order valence-electron chi connectivity index (χ0n) is 6.69. The summed E-state index contributed by atoms with van der Waals surface area (Å²) < 4.78 is 4.23.